The number of benzene rings is 1. The first-order valence-corrected chi connectivity index (χ1v) is 16.6. The third kappa shape index (κ3) is 4.67. The van der Waals surface area contributed by atoms with E-state index in [0.717, 1.165) is 30.4 Å². The molecule has 0 spiro atoms. The van der Waals surface area contributed by atoms with Gasteiger partial charge in [-0.3, -0.25) is 9.59 Å². The molecule has 244 valence electrons. The Hall–Kier alpha value is -2.88. The first kappa shape index (κ1) is 32.1. The zero-order chi connectivity index (χ0) is 32.5. The van der Waals surface area contributed by atoms with Crippen molar-refractivity contribution in [2.24, 2.45) is 39.7 Å². The highest BCUT2D eigenvalue weighted by molar-refractivity contribution is 5.95. The molecular weight excluding hydrogens is 568 g/mol. The molecule has 0 bridgehead atoms. The smallest absolute Gasteiger partial charge is 0.303 e. The summed E-state index contributed by atoms with van der Waals surface area (Å²) in [6.07, 6.45) is 4.73. The normalized spacial score (nSPS) is 41.9. The number of carbonyl (C=O) groups is 2. The highest BCUT2D eigenvalue weighted by Gasteiger charge is 2.72. The second-order valence-electron chi connectivity index (χ2n) is 15.4. The lowest BCUT2D eigenvalue weighted by Crippen LogP contribution is -2.69. The molecule has 0 aliphatic heterocycles. The molecule has 4 aliphatic rings. The van der Waals surface area contributed by atoms with Crippen molar-refractivity contribution < 1.29 is 24.5 Å². The van der Waals surface area contributed by atoms with Crippen LogP contribution in [0.2, 0.25) is 0 Å². The van der Waals surface area contributed by atoms with Gasteiger partial charge in [0.1, 0.15) is 6.10 Å². The van der Waals surface area contributed by atoms with Gasteiger partial charge in [0.25, 0.3) is 0 Å². The Bertz CT molecular complexity index is 1510. The van der Waals surface area contributed by atoms with Gasteiger partial charge in [0.2, 0.25) is 0 Å². The average molecular weight is 619 g/mol. The van der Waals surface area contributed by atoms with E-state index in [9.17, 15) is 19.8 Å². The number of Topliss-reactive ketones (excluding diaryl/α,β-unsaturated/α-hetero) is 1. The summed E-state index contributed by atoms with van der Waals surface area (Å²) >= 11 is 0. The molecule has 6 rings (SSSR count). The van der Waals surface area contributed by atoms with Crippen molar-refractivity contribution in [3.05, 3.63) is 58.9 Å². The minimum absolute atomic E-state index is 0.0191. The standard InChI is InChI=1S/C36H50N4O5/c1-21(41)25(16-23-10-8-7-9-11-23)31-26-17-27(43)32-33(3)14-13-30(44)36(6,40-20-24(19-37)38-39-40)29(33)12-15-34(32,4)35(26,5)18-28(31)45-22(2)42/h7-11,20,26-30,32,43-44H,12-19,37H2,1-6H3/b31-25-/t26-,27+,28-,29+,30+,32-,33-,34-,35-,36+/m0/s1. The van der Waals surface area contributed by atoms with E-state index >= 15 is 0 Å². The van der Waals surface area contributed by atoms with Gasteiger partial charge in [-0.25, -0.2) is 4.68 Å². The number of aromatic nitrogens is 3. The van der Waals surface area contributed by atoms with Gasteiger partial charge in [-0.05, 0) is 97.5 Å². The number of nitrogens with zero attached hydrogens (tertiary/aromatic N) is 3. The third-order valence-corrected chi connectivity index (χ3v) is 13.3. The quantitative estimate of drug-likeness (QED) is 0.318. The first-order valence-electron chi connectivity index (χ1n) is 16.6. The van der Waals surface area contributed by atoms with Gasteiger partial charge in [0.05, 0.1) is 29.6 Å². The SMILES string of the molecule is CC(=O)O[C@H]1C[C@@]2(C)[C@@H](C[C@@H](O)[C@H]3[C@@]4(C)CC[C@@H](O)[C@](C)(n5cc(CN)nn5)[C@@H]4CC[C@@]32C)/C1=C(\Cc1ccccc1)C(C)=O. The Labute approximate surface area is 266 Å². The van der Waals surface area contributed by atoms with Crippen LogP contribution in [0.1, 0.15) is 91.3 Å². The second-order valence-corrected chi connectivity index (χ2v) is 15.4. The molecule has 0 radical (unpaired) electrons. The molecule has 0 unspecified atom stereocenters. The summed E-state index contributed by atoms with van der Waals surface area (Å²) in [5.74, 6) is -0.512. The molecule has 45 heavy (non-hydrogen) atoms. The maximum atomic E-state index is 13.4. The van der Waals surface area contributed by atoms with Crippen molar-refractivity contribution in [3.63, 3.8) is 0 Å². The van der Waals surface area contributed by atoms with Crippen molar-refractivity contribution >= 4 is 11.8 Å². The number of nitrogens with two attached hydrogens (primary N) is 1. The van der Waals surface area contributed by atoms with Crippen molar-refractivity contribution in [3.8, 4) is 0 Å². The van der Waals surface area contributed by atoms with Crippen LogP contribution in [0.15, 0.2) is 47.7 Å². The van der Waals surface area contributed by atoms with Gasteiger partial charge in [0, 0.05) is 25.5 Å². The van der Waals surface area contributed by atoms with E-state index in [2.05, 4.69) is 38.0 Å². The van der Waals surface area contributed by atoms with E-state index in [-0.39, 0.29) is 52.3 Å². The van der Waals surface area contributed by atoms with Gasteiger partial charge in [-0.2, -0.15) is 0 Å². The van der Waals surface area contributed by atoms with Gasteiger partial charge < -0.3 is 20.7 Å². The number of esters is 1. The predicted octanol–water partition coefficient (Wildman–Crippen LogP) is 4.50. The number of carbonyl (C=O) groups excluding carboxylic acids is 2. The fraction of sp³-hybridized carbons (Fsp3) is 0.667. The Morgan fingerprint density at radius 3 is 2.38 bits per heavy atom. The lowest BCUT2D eigenvalue weighted by atomic mass is 9.35. The number of ketones is 1. The van der Waals surface area contributed by atoms with Gasteiger partial charge in [0.15, 0.2) is 5.78 Å². The molecule has 10 atom stereocenters. The van der Waals surface area contributed by atoms with Crippen LogP contribution in [0.5, 0.6) is 0 Å². The Morgan fingerprint density at radius 2 is 1.76 bits per heavy atom. The van der Waals surface area contributed by atoms with Crippen LogP contribution in [0.4, 0.5) is 0 Å². The lowest BCUT2D eigenvalue weighted by Gasteiger charge is -2.70. The van der Waals surface area contributed by atoms with E-state index < -0.39 is 23.9 Å². The minimum Gasteiger partial charge on any atom is -0.458 e. The summed E-state index contributed by atoms with van der Waals surface area (Å²) in [6, 6.07) is 9.95. The summed E-state index contributed by atoms with van der Waals surface area (Å²) in [4.78, 5) is 25.9. The van der Waals surface area contributed by atoms with Crippen LogP contribution in [0.25, 0.3) is 0 Å². The zero-order valence-electron chi connectivity index (χ0n) is 27.6. The highest BCUT2D eigenvalue weighted by Crippen LogP contribution is 2.75. The van der Waals surface area contributed by atoms with Crippen LogP contribution >= 0.6 is 0 Å². The predicted molar refractivity (Wildman–Crippen MR) is 169 cm³/mol. The zero-order valence-corrected chi connectivity index (χ0v) is 27.6. The summed E-state index contributed by atoms with van der Waals surface area (Å²) in [7, 11) is 0. The number of ether oxygens (including phenoxy) is 1. The van der Waals surface area contributed by atoms with Crippen LogP contribution < -0.4 is 5.73 Å². The highest BCUT2D eigenvalue weighted by atomic mass is 16.5. The minimum atomic E-state index is -0.704. The molecule has 2 aromatic rings. The molecule has 4 fully saturated rings. The number of hydrogen-bond donors (Lipinski definition) is 3. The molecule has 1 heterocycles. The van der Waals surface area contributed by atoms with E-state index in [1.807, 2.05) is 41.2 Å². The van der Waals surface area contributed by atoms with Gasteiger partial charge in [-0.15, -0.1) is 5.10 Å². The Kier molecular flexibility index (Phi) is 7.93. The number of aliphatic hydroxyl groups excluding tert-OH is 2. The number of hydrogen-bond acceptors (Lipinski definition) is 8. The molecule has 9 nitrogen and oxygen atoms in total. The maximum Gasteiger partial charge on any atom is 0.303 e. The van der Waals surface area contributed by atoms with Crippen LogP contribution in [-0.4, -0.2) is 55.3 Å². The summed E-state index contributed by atoms with van der Waals surface area (Å²) in [6.45, 7) is 12.4. The largest absolute Gasteiger partial charge is 0.458 e. The van der Waals surface area contributed by atoms with Crippen molar-refractivity contribution in [2.75, 3.05) is 0 Å². The average Bonchev–Trinajstić information content (AvgIpc) is 3.57. The Balaban J connectivity index is 1.46. The molecular formula is C36H50N4O5. The monoisotopic (exact) mass is 618 g/mol. The number of allylic oxidation sites excluding steroid dienone is 1. The van der Waals surface area contributed by atoms with Crippen molar-refractivity contribution in [2.45, 2.75) is 117 Å². The first-order chi connectivity index (χ1) is 21.2. The van der Waals surface area contributed by atoms with Crippen LogP contribution in [-0.2, 0) is 32.8 Å². The molecule has 4 saturated carbocycles. The fourth-order valence-corrected chi connectivity index (χ4v) is 11.1. The summed E-state index contributed by atoms with van der Waals surface area (Å²) in [5, 5.41) is 32.6. The summed E-state index contributed by atoms with van der Waals surface area (Å²) < 4.78 is 7.90. The molecule has 0 saturated heterocycles. The van der Waals surface area contributed by atoms with Crippen molar-refractivity contribution in [1.82, 2.24) is 15.0 Å². The molecule has 1 aromatic heterocycles. The topological polar surface area (TPSA) is 141 Å². The van der Waals surface area contributed by atoms with Crippen LogP contribution in [0, 0.1) is 34.0 Å². The summed E-state index contributed by atoms with van der Waals surface area (Å²) in [5.41, 5.74) is 7.54. The van der Waals surface area contributed by atoms with E-state index in [1.165, 1.54) is 6.92 Å². The van der Waals surface area contributed by atoms with Gasteiger partial charge in [-0.1, -0.05) is 56.3 Å². The van der Waals surface area contributed by atoms with E-state index in [4.69, 9.17) is 10.5 Å². The number of fused-ring (bicyclic) bond motifs is 5. The molecule has 9 heteroatoms. The van der Waals surface area contributed by atoms with E-state index in [1.54, 1.807) is 6.92 Å². The molecule has 0 amide bonds. The maximum absolute atomic E-state index is 13.4. The Morgan fingerprint density at radius 1 is 1.04 bits per heavy atom. The molecule has 4 N–H and O–H groups in total. The molecule has 4 aliphatic carbocycles. The third-order valence-electron chi connectivity index (χ3n) is 13.3. The second kappa shape index (κ2) is 11.1. The lowest BCUT2D eigenvalue weighted by molar-refractivity contribution is -0.249. The van der Waals surface area contributed by atoms with E-state index in [0.29, 0.717) is 37.0 Å². The number of rotatable bonds is 6. The molecule has 1 aromatic carbocycles. The van der Waals surface area contributed by atoms with Crippen LogP contribution in [0.3, 0.4) is 0 Å². The fourth-order valence-electron chi connectivity index (χ4n) is 11.1. The van der Waals surface area contributed by atoms with Gasteiger partial charge >= 0.3 is 5.97 Å². The van der Waals surface area contributed by atoms with Crippen molar-refractivity contribution in [1.29, 1.82) is 0 Å². The number of aliphatic hydroxyl groups is 2.